The zero-order valence-corrected chi connectivity index (χ0v) is 23.7. The Labute approximate surface area is 233 Å². The van der Waals surface area contributed by atoms with E-state index < -0.39 is 17.7 Å². The lowest BCUT2D eigenvalue weighted by Gasteiger charge is -2.31. The van der Waals surface area contributed by atoms with Gasteiger partial charge in [0.15, 0.2) is 5.60 Å². The summed E-state index contributed by atoms with van der Waals surface area (Å²) in [6.07, 6.45) is 0.334. The molecule has 4 heterocycles. The van der Waals surface area contributed by atoms with Gasteiger partial charge in [0.25, 0.3) is 5.56 Å². The van der Waals surface area contributed by atoms with Crippen LogP contribution in [-0.2, 0) is 34.7 Å². The number of carbonyl (C=O) groups is 2. The molecule has 212 valence electrons. The molecule has 5 rings (SSSR count). The molecule has 3 aromatic rings. The van der Waals surface area contributed by atoms with Crippen molar-refractivity contribution in [1.29, 1.82) is 0 Å². The molecule has 0 saturated heterocycles. The molecule has 0 bridgehead atoms. The van der Waals surface area contributed by atoms with Gasteiger partial charge in [-0.1, -0.05) is 27.7 Å². The molecule has 1 aromatic carbocycles. The average molecular weight is 549 g/mol. The molecule has 1 atom stereocenters. The SMILES string of the molecule is CCc1c2c(nc3ccc(OC(=O)N(C)CCN(CC)CC)cc13)-c1cc3c(c(=O)n1C2)COC(=O)[C@]3(O)CC. The van der Waals surface area contributed by atoms with Gasteiger partial charge >= 0.3 is 12.1 Å². The van der Waals surface area contributed by atoms with Crippen molar-refractivity contribution in [3.05, 3.63) is 56.9 Å². The highest BCUT2D eigenvalue weighted by Gasteiger charge is 2.45. The minimum atomic E-state index is -1.87. The van der Waals surface area contributed by atoms with Gasteiger partial charge in [-0.25, -0.2) is 14.6 Å². The van der Waals surface area contributed by atoms with Gasteiger partial charge in [0.2, 0.25) is 0 Å². The number of pyridine rings is 2. The summed E-state index contributed by atoms with van der Waals surface area (Å²) in [4.78, 5) is 47.4. The highest BCUT2D eigenvalue weighted by atomic mass is 16.6. The van der Waals surface area contributed by atoms with Gasteiger partial charge in [-0.15, -0.1) is 0 Å². The van der Waals surface area contributed by atoms with Crippen LogP contribution in [0.5, 0.6) is 5.75 Å². The Morgan fingerprint density at radius 3 is 2.55 bits per heavy atom. The summed E-state index contributed by atoms with van der Waals surface area (Å²) in [5.41, 5.74) is 2.27. The third kappa shape index (κ3) is 4.45. The highest BCUT2D eigenvalue weighted by molar-refractivity contribution is 5.90. The molecule has 2 aliphatic heterocycles. The van der Waals surface area contributed by atoms with Crippen LogP contribution in [0.3, 0.4) is 0 Å². The van der Waals surface area contributed by atoms with Crippen LogP contribution < -0.4 is 10.3 Å². The summed E-state index contributed by atoms with van der Waals surface area (Å²) in [5.74, 6) is -0.318. The maximum atomic E-state index is 13.5. The minimum absolute atomic E-state index is 0.0894. The molecule has 40 heavy (non-hydrogen) atoms. The number of cyclic esters (lactones) is 1. The quantitative estimate of drug-likeness (QED) is 0.333. The molecular weight excluding hydrogens is 512 g/mol. The van der Waals surface area contributed by atoms with Gasteiger partial charge in [0.05, 0.1) is 29.0 Å². The van der Waals surface area contributed by atoms with E-state index in [9.17, 15) is 19.5 Å². The number of esters is 1. The summed E-state index contributed by atoms with van der Waals surface area (Å²) in [6.45, 7) is 11.2. The number of likely N-dealkylation sites (N-methyl/N-ethyl adjacent to an activating group) is 2. The lowest BCUT2D eigenvalue weighted by Crippen LogP contribution is -2.44. The van der Waals surface area contributed by atoms with E-state index in [0.29, 0.717) is 53.3 Å². The highest BCUT2D eigenvalue weighted by Crippen LogP contribution is 2.40. The van der Waals surface area contributed by atoms with Crippen molar-refractivity contribution in [2.24, 2.45) is 0 Å². The Balaban J connectivity index is 1.51. The molecule has 0 radical (unpaired) electrons. The van der Waals surface area contributed by atoms with E-state index in [-0.39, 0.29) is 18.6 Å². The molecule has 2 aromatic heterocycles. The van der Waals surface area contributed by atoms with Crippen LogP contribution >= 0.6 is 0 Å². The summed E-state index contributed by atoms with van der Waals surface area (Å²) in [6, 6.07) is 7.08. The molecule has 0 saturated carbocycles. The summed E-state index contributed by atoms with van der Waals surface area (Å²) in [7, 11) is 1.73. The fourth-order valence-corrected chi connectivity index (χ4v) is 5.71. The maximum Gasteiger partial charge on any atom is 0.415 e. The van der Waals surface area contributed by atoms with E-state index in [1.165, 1.54) is 0 Å². The van der Waals surface area contributed by atoms with Gasteiger partial charge in [0.1, 0.15) is 12.4 Å². The van der Waals surface area contributed by atoms with Crippen LogP contribution in [0.1, 0.15) is 56.4 Å². The summed E-state index contributed by atoms with van der Waals surface area (Å²) >= 11 is 0. The molecule has 1 N–H and O–H groups in total. The first-order valence-corrected chi connectivity index (χ1v) is 13.9. The number of hydrogen-bond acceptors (Lipinski definition) is 8. The topological polar surface area (TPSA) is 114 Å². The van der Waals surface area contributed by atoms with Crippen LogP contribution in [0.4, 0.5) is 4.79 Å². The van der Waals surface area contributed by atoms with E-state index in [1.807, 2.05) is 19.1 Å². The Kier molecular flexibility index (Phi) is 7.41. The average Bonchev–Trinajstić information content (AvgIpc) is 3.32. The third-order valence-electron chi connectivity index (χ3n) is 8.29. The lowest BCUT2D eigenvalue weighted by molar-refractivity contribution is -0.172. The molecule has 0 spiro atoms. The monoisotopic (exact) mass is 548 g/mol. The Morgan fingerprint density at radius 1 is 1.12 bits per heavy atom. The standard InChI is InChI=1S/C30H36N4O6/c1-6-19-20-14-18(40-29(37)32(5)12-13-33(8-3)9-4)10-11-24(20)31-26-21(19)16-34-25(26)15-23-22(27(34)35)17-39-28(36)30(23,38)7-2/h10-11,14-15,38H,6-9,12-13,16-17H2,1-5H3/t30-/m0/s1. The van der Waals surface area contributed by atoms with Gasteiger partial charge < -0.3 is 28.9 Å². The Morgan fingerprint density at radius 2 is 1.88 bits per heavy atom. The number of benzene rings is 1. The largest absolute Gasteiger partial charge is 0.458 e. The van der Waals surface area contributed by atoms with Gasteiger partial charge in [-0.05, 0) is 55.8 Å². The van der Waals surface area contributed by atoms with Crippen molar-refractivity contribution < 1.29 is 24.2 Å². The Hall–Kier alpha value is -3.76. The number of nitrogens with zero attached hydrogens (tertiary/aromatic N) is 4. The van der Waals surface area contributed by atoms with Crippen molar-refractivity contribution in [3.63, 3.8) is 0 Å². The second kappa shape index (κ2) is 10.7. The zero-order valence-electron chi connectivity index (χ0n) is 23.7. The molecule has 2 aliphatic rings. The summed E-state index contributed by atoms with van der Waals surface area (Å²) < 4.78 is 12.5. The fourth-order valence-electron chi connectivity index (χ4n) is 5.71. The van der Waals surface area contributed by atoms with E-state index >= 15 is 0 Å². The smallest absolute Gasteiger partial charge is 0.415 e. The normalized spacial score (nSPS) is 17.4. The van der Waals surface area contributed by atoms with Crippen LogP contribution in [0.25, 0.3) is 22.3 Å². The number of aromatic nitrogens is 2. The van der Waals surface area contributed by atoms with Crippen LogP contribution in [0.2, 0.25) is 0 Å². The zero-order chi connectivity index (χ0) is 28.8. The van der Waals surface area contributed by atoms with E-state index in [1.54, 1.807) is 35.6 Å². The molecule has 10 heteroatoms. The predicted molar refractivity (Wildman–Crippen MR) is 150 cm³/mol. The number of aryl methyl sites for hydroxylation is 1. The third-order valence-corrected chi connectivity index (χ3v) is 8.29. The van der Waals surface area contributed by atoms with Crippen molar-refractivity contribution in [2.45, 2.75) is 59.3 Å². The van der Waals surface area contributed by atoms with Gasteiger partial charge in [-0.2, -0.15) is 0 Å². The van der Waals surface area contributed by atoms with Crippen LogP contribution in [0.15, 0.2) is 29.1 Å². The first-order chi connectivity index (χ1) is 19.2. The molecule has 10 nitrogen and oxygen atoms in total. The number of fused-ring (bicyclic) bond motifs is 5. The number of amides is 1. The molecule has 0 aliphatic carbocycles. The fraction of sp³-hybridized carbons (Fsp3) is 0.467. The van der Waals surface area contributed by atoms with Gasteiger partial charge in [0, 0.05) is 36.7 Å². The van der Waals surface area contributed by atoms with E-state index in [4.69, 9.17) is 14.5 Å². The van der Waals surface area contributed by atoms with E-state index in [0.717, 1.165) is 36.1 Å². The first-order valence-electron chi connectivity index (χ1n) is 13.9. The van der Waals surface area contributed by atoms with Crippen LogP contribution in [-0.4, -0.2) is 69.7 Å². The van der Waals surface area contributed by atoms with Crippen molar-refractivity contribution in [3.8, 4) is 17.1 Å². The number of hydrogen-bond donors (Lipinski definition) is 1. The van der Waals surface area contributed by atoms with Crippen molar-refractivity contribution >= 4 is 23.0 Å². The molecular formula is C30H36N4O6. The number of aliphatic hydroxyl groups is 1. The van der Waals surface area contributed by atoms with Crippen LogP contribution in [0, 0.1) is 0 Å². The van der Waals surface area contributed by atoms with Crippen molar-refractivity contribution in [1.82, 2.24) is 19.4 Å². The molecule has 0 unspecified atom stereocenters. The van der Waals surface area contributed by atoms with Crippen molar-refractivity contribution in [2.75, 3.05) is 33.2 Å². The summed E-state index contributed by atoms with van der Waals surface area (Å²) in [5, 5.41) is 12.0. The second-order valence-corrected chi connectivity index (χ2v) is 10.4. The Bertz CT molecular complexity index is 1560. The number of rotatable bonds is 8. The maximum absolute atomic E-state index is 13.5. The lowest BCUT2D eigenvalue weighted by atomic mass is 9.86. The molecule has 0 fully saturated rings. The predicted octanol–water partition coefficient (Wildman–Crippen LogP) is 3.41. The minimum Gasteiger partial charge on any atom is -0.458 e. The first kappa shape index (κ1) is 27.8. The number of ether oxygens (including phenoxy) is 2. The number of carbonyl (C=O) groups excluding carboxylic acids is 2. The van der Waals surface area contributed by atoms with E-state index in [2.05, 4.69) is 18.7 Å². The molecule has 1 amide bonds. The second-order valence-electron chi connectivity index (χ2n) is 10.4. The van der Waals surface area contributed by atoms with Gasteiger partial charge in [-0.3, -0.25) is 4.79 Å².